The van der Waals surface area contributed by atoms with Gasteiger partial charge in [-0.15, -0.1) is 14.8 Å². The standard InChI is InChI=1S/C24H40N7O6P5S/c1-7-23(3,39(26)41(27)38-25)36-19-11-9-18(10-12-19)16-29-31(5)40(43)24(4,8-2)37-20-13-14-21(22(15-20)30-32)28-17-42(33,34)35-6/h9-16,28,38H,7-8,17,25-27H2,1-6H3/p+1/b29-16+. The molecule has 0 aliphatic rings. The van der Waals surface area contributed by atoms with Crippen molar-refractivity contribution >= 4 is 67.5 Å². The van der Waals surface area contributed by atoms with E-state index in [0.29, 0.717) is 24.3 Å². The maximum Gasteiger partial charge on any atom is 0.358 e. The van der Waals surface area contributed by atoms with Gasteiger partial charge in [-0.2, -0.15) is 0 Å². The SMILES string of the molecule is CCC(C)(Oc1ccc(/C=N/N(C)[P+](=S)C(C)(CC)Oc2ccc(NCP(=O)(O)OC)c(N=O)c2)cc1)P(N)P(N)PN. The summed E-state index contributed by atoms with van der Waals surface area (Å²) in [4.78, 5) is 21.1. The van der Waals surface area contributed by atoms with Gasteiger partial charge in [0.1, 0.15) is 28.8 Å². The van der Waals surface area contributed by atoms with Crippen LogP contribution in [-0.2, 0) is 20.9 Å². The largest absolute Gasteiger partial charge is 0.481 e. The van der Waals surface area contributed by atoms with Crippen LogP contribution in [0.2, 0.25) is 0 Å². The van der Waals surface area contributed by atoms with E-state index < -0.39 is 40.3 Å². The molecule has 0 saturated carbocycles. The third-order valence-corrected chi connectivity index (χ3v) is 20.0. The van der Waals surface area contributed by atoms with E-state index >= 15 is 0 Å². The van der Waals surface area contributed by atoms with Crippen molar-refractivity contribution in [3.8, 4) is 11.5 Å². The highest BCUT2D eigenvalue weighted by molar-refractivity contribution is 8.55. The van der Waals surface area contributed by atoms with Gasteiger partial charge in [0, 0.05) is 34.0 Å². The average molecular weight is 711 g/mol. The number of hydrogen-bond acceptors (Lipinski definition) is 12. The van der Waals surface area contributed by atoms with E-state index in [1.807, 2.05) is 52.0 Å². The fourth-order valence-corrected chi connectivity index (χ4v) is 12.3. The van der Waals surface area contributed by atoms with E-state index in [2.05, 4.69) is 20.1 Å². The molecule has 0 aromatic heterocycles. The zero-order chi connectivity index (χ0) is 32.4. The van der Waals surface area contributed by atoms with E-state index in [0.717, 1.165) is 12.7 Å². The minimum atomic E-state index is -3.83. The summed E-state index contributed by atoms with van der Waals surface area (Å²) in [6, 6.07) is 12.1. The van der Waals surface area contributed by atoms with Crippen LogP contribution in [-0.4, -0.2) is 47.0 Å². The van der Waals surface area contributed by atoms with Crippen LogP contribution in [0.4, 0.5) is 11.4 Å². The van der Waals surface area contributed by atoms with Crippen LogP contribution >= 0.6 is 38.1 Å². The van der Waals surface area contributed by atoms with Crippen molar-refractivity contribution in [3.05, 3.63) is 52.9 Å². The van der Waals surface area contributed by atoms with E-state index in [1.54, 1.807) is 30.2 Å². The summed E-state index contributed by atoms with van der Waals surface area (Å²) in [6.07, 6.45) is 2.60. The molecule has 0 amide bonds. The molecule has 0 radical (unpaired) electrons. The summed E-state index contributed by atoms with van der Waals surface area (Å²) in [5.74, 6) is 1.06. The highest BCUT2D eigenvalue weighted by Gasteiger charge is 2.45. The molecule has 0 fully saturated rings. The molecule has 0 spiro atoms. The van der Waals surface area contributed by atoms with Crippen LogP contribution in [0.25, 0.3) is 0 Å². The first kappa shape index (κ1) is 37.9. The summed E-state index contributed by atoms with van der Waals surface area (Å²) in [5, 5.41) is 8.91. The molecule has 19 heteroatoms. The Kier molecular flexibility index (Phi) is 14.9. The quantitative estimate of drug-likeness (QED) is 0.0451. The molecule has 0 bridgehead atoms. The molecule has 8 N–H and O–H groups in total. The summed E-state index contributed by atoms with van der Waals surface area (Å²) >= 11 is 5.88. The number of nitrogens with zero attached hydrogens (tertiary/aromatic N) is 3. The minimum Gasteiger partial charge on any atom is -0.481 e. The fraction of sp³-hybridized carbons (Fsp3) is 0.458. The Bertz CT molecular complexity index is 1330. The molecule has 2 rings (SSSR count). The number of nitrogens with one attached hydrogen (secondary N) is 1. The van der Waals surface area contributed by atoms with Crippen molar-refractivity contribution in [1.29, 1.82) is 0 Å². The van der Waals surface area contributed by atoms with E-state index in [-0.39, 0.29) is 26.1 Å². The van der Waals surface area contributed by atoms with Gasteiger partial charge in [-0.05, 0) is 68.9 Å². The first-order valence-electron chi connectivity index (χ1n) is 13.0. The molecule has 2 aromatic carbocycles. The van der Waals surface area contributed by atoms with Gasteiger partial charge < -0.3 is 40.7 Å². The number of hydrazone groups is 1. The van der Waals surface area contributed by atoms with Crippen molar-refractivity contribution < 1.29 is 23.5 Å². The summed E-state index contributed by atoms with van der Waals surface area (Å²) in [7, 11) is -2.83. The van der Waals surface area contributed by atoms with Crippen LogP contribution in [0.1, 0.15) is 46.1 Å². The lowest BCUT2D eigenvalue weighted by atomic mass is 10.2. The number of hydrogen-bond donors (Lipinski definition) is 5. The Labute approximate surface area is 263 Å². The predicted octanol–water partition coefficient (Wildman–Crippen LogP) is 7.21. The van der Waals surface area contributed by atoms with Gasteiger partial charge in [-0.25, -0.2) is 0 Å². The minimum absolute atomic E-state index is 0.0189. The third-order valence-electron chi connectivity index (χ3n) is 6.58. The number of nitrogens with two attached hydrogens (primary N) is 3. The normalized spacial score (nSPS) is 17.9. The van der Waals surface area contributed by atoms with Crippen molar-refractivity contribution in [3.63, 3.8) is 0 Å². The highest BCUT2D eigenvalue weighted by atomic mass is 32.5. The lowest BCUT2D eigenvalue weighted by Crippen LogP contribution is -2.31. The van der Waals surface area contributed by atoms with Crippen LogP contribution in [0, 0.1) is 4.91 Å². The Morgan fingerprint density at radius 1 is 1.16 bits per heavy atom. The molecule has 43 heavy (non-hydrogen) atoms. The van der Waals surface area contributed by atoms with Gasteiger partial charge in [-0.3, -0.25) is 4.57 Å². The van der Waals surface area contributed by atoms with Gasteiger partial charge in [0.05, 0.1) is 26.7 Å². The van der Waals surface area contributed by atoms with Crippen molar-refractivity contribution in [2.75, 3.05) is 25.8 Å². The van der Waals surface area contributed by atoms with Gasteiger partial charge in [0.15, 0.2) is 11.8 Å². The zero-order valence-electron chi connectivity index (χ0n) is 25.0. The predicted molar refractivity (Wildman–Crippen MR) is 187 cm³/mol. The lowest BCUT2D eigenvalue weighted by Gasteiger charge is -2.37. The maximum atomic E-state index is 11.8. The Balaban J connectivity index is 2.12. The van der Waals surface area contributed by atoms with Crippen LogP contribution in [0.3, 0.4) is 0 Å². The zero-order valence-corrected chi connectivity index (χ0v) is 30.4. The number of nitroso groups, excluding NO2 is 1. The summed E-state index contributed by atoms with van der Waals surface area (Å²) in [5.41, 5.74) is 19.5. The molecule has 2 aromatic rings. The van der Waals surface area contributed by atoms with Crippen LogP contribution in [0.15, 0.2) is 52.7 Å². The topological polar surface area (TPSA) is 200 Å². The first-order chi connectivity index (χ1) is 20.2. The number of ether oxygens (including phenoxy) is 2. The Morgan fingerprint density at radius 2 is 1.79 bits per heavy atom. The molecular weight excluding hydrogens is 669 g/mol. The van der Waals surface area contributed by atoms with Crippen LogP contribution < -0.4 is 31.3 Å². The smallest absolute Gasteiger partial charge is 0.358 e. The lowest BCUT2D eigenvalue weighted by molar-refractivity contribution is 0.171. The molecular formula is C24H41N7O6P5S+. The second-order valence-corrected chi connectivity index (χ2v) is 23.2. The van der Waals surface area contributed by atoms with Gasteiger partial charge in [-0.1, -0.05) is 13.8 Å². The molecule has 7 atom stereocenters. The number of anilines is 1. The molecule has 0 saturated heterocycles. The molecule has 0 aliphatic carbocycles. The number of rotatable bonds is 18. The van der Waals surface area contributed by atoms with Crippen LogP contribution in [0.5, 0.6) is 11.5 Å². The summed E-state index contributed by atoms with van der Waals surface area (Å²) < 4.78 is 30.6. The van der Waals surface area contributed by atoms with Gasteiger partial charge in [0.25, 0.3) is 5.34 Å². The van der Waals surface area contributed by atoms with E-state index in [1.165, 1.54) is 6.07 Å². The Hall–Kier alpha value is -1.25. The second kappa shape index (κ2) is 16.9. The fourth-order valence-electron chi connectivity index (χ4n) is 3.50. The second-order valence-electron chi connectivity index (χ2n) is 9.58. The monoisotopic (exact) mass is 710 g/mol. The first-order valence-corrected chi connectivity index (χ1v) is 22.6. The van der Waals surface area contributed by atoms with E-state index in [9.17, 15) is 14.4 Å². The average Bonchev–Trinajstić information content (AvgIpc) is 3.02. The highest BCUT2D eigenvalue weighted by Crippen LogP contribution is 2.74. The number of benzene rings is 2. The molecule has 7 unspecified atom stereocenters. The summed E-state index contributed by atoms with van der Waals surface area (Å²) in [6.45, 7) is 6.47. The third kappa shape index (κ3) is 10.7. The van der Waals surface area contributed by atoms with Gasteiger partial charge >= 0.3 is 14.4 Å². The maximum absolute atomic E-state index is 11.8. The molecule has 238 valence electrons. The van der Waals surface area contributed by atoms with Gasteiger partial charge in [0.2, 0.25) is 0 Å². The molecule has 0 aliphatic heterocycles. The van der Waals surface area contributed by atoms with Crippen molar-refractivity contribution in [2.45, 2.75) is 51.2 Å². The van der Waals surface area contributed by atoms with Crippen molar-refractivity contribution in [1.82, 2.24) is 4.78 Å². The Morgan fingerprint density at radius 3 is 2.33 bits per heavy atom. The molecule has 13 nitrogen and oxygen atoms in total. The van der Waals surface area contributed by atoms with Crippen molar-refractivity contribution in [2.24, 2.45) is 26.8 Å². The molecule has 0 heterocycles. The van der Waals surface area contributed by atoms with E-state index in [4.69, 9.17) is 37.8 Å².